The van der Waals surface area contributed by atoms with E-state index < -0.39 is 0 Å². The molecule has 7 heteroatoms. The Morgan fingerprint density at radius 2 is 2.25 bits per heavy atom. The Hall–Kier alpha value is -1.77. The number of hydrogen-bond donors (Lipinski definition) is 1. The molecule has 1 aliphatic rings. The fourth-order valence-corrected chi connectivity index (χ4v) is 3.60. The van der Waals surface area contributed by atoms with Crippen molar-refractivity contribution < 1.29 is 4.74 Å². The highest BCUT2D eigenvalue weighted by molar-refractivity contribution is 14.0. The van der Waals surface area contributed by atoms with Gasteiger partial charge in [0.25, 0.3) is 0 Å². The van der Waals surface area contributed by atoms with Crippen LogP contribution in [0.4, 0.5) is 0 Å². The normalized spacial score (nSPS) is 16.8. The minimum Gasteiger partial charge on any atom is -0.497 e. The summed E-state index contributed by atoms with van der Waals surface area (Å²) in [6, 6.07) is 8.28. The van der Waals surface area contributed by atoms with Gasteiger partial charge in [-0.15, -0.1) is 24.0 Å². The number of hydrogen-bond acceptors (Lipinski definition) is 3. The SMILES string of the molecule is CCNC(=NCCCc1cccc(OC)c1)N1CCC(c2cnn(C)c2)C1.I. The van der Waals surface area contributed by atoms with Crippen molar-refractivity contribution in [1.29, 1.82) is 0 Å². The predicted molar refractivity (Wildman–Crippen MR) is 125 cm³/mol. The van der Waals surface area contributed by atoms with E-state index in [1.165, 1.54) is 11.1 Å². The monoisotopic (exact) mass is 497 g/mol. The van der Waals surface area contributed by atoms with Crippen molar-refractivity contribution in [3.8, 4) is 5.75 Å². The van der Waals surface area contributed by atoms with E-state index in [1.807, 2.05) is 30.1 Å². The molecular formula is C21H32IN5O. The molecule has 2 heterocycles. The summed E-state index contributed by atoms with van der Waals surface area (Å²) < 4.78 is 7.18. The molecule has 3 rings (SSSR count). The first-order chi connectivity index (χ1) is 13.2. The zero-order valence-corrected chi connectivity index (χ0v) is 19.4. The van der Waals surface area contributed by atoms with Crippen LogP contribution in [0.15, 0.2) is 41.7 Å². The Balaban J connectivity index is 0.00000280. The third-order valence-electron chi connectivity index (χ3n) is 5.04. The van der Waals surface area contributed by atoms with Crippen LogP contribution in [-0.2, 0) is 13.5 Å². The van der Waals surface area contributed by atoms with E-state index in [9.17, 15) is 0 Å². The summed E-state index contributed by atoms with van der Waals surface area (Å²) in [5.41, 5.74) is 2.63. The topological polar surface area (TPSA) is 54.7 Å². The number of aliphatic imine (C=N–C) groups is 1. The summed E-state index contributed by atoms with van der Waals surface area (Å²) in [5, 5.41) is 7.77. The second-order valence-corrected chi connectivity index (χ2v) is 7.07. The van der Waals surface area contributed by atoms with Crippen LogP contribution in [-0.4, -0.2) is 53.9 Å². The van der Waals surface area contributed by atoms with Crippen LogP contribution in [0.1, 0.15) is 36.8 Å². The second-order valence-electron chi connectivity index (χ2n) is 7.07. The van der Waals surface area contributed by atoms with Crippen LogP contribution in [0.5, 0.6) is 5.75 Å². The molecule has 28 heavy (non-hydrogen) atoms. The summed E-state index contributed by atoms with van der Waals surface area (Å²) in [6.07, 6.45) is 7.32. The number of benzene rings is 1. The van der Waals surface area contributed by atoms with Gasteiger partial charge in [0.1, 0.15) is 5.75 Å². The van der Waals surface area contributed by atoms with E-state index in [0.29, 0.717) is 5.92 Å². The van der Waals surface area contributed by atoms with E-state index in [2.05, 4.69) is 40.6 Å². The molecule has 1 fully saturated rings. The average molecular weight is 497 g/mol. The molecule has 1 unspecified atom stereocenters. The maximum atomic E-state index is 5.30. The number of methoxy groups -OCH3 is 1. The van der Waals surface area contributed by atoms with Crippen LogP contribution >= 0.6 is 24.0 Å². The fraction of sp³-hybridized carbons (Fsp3) is 0.524. The molecule has 1 aromatic carbocycles. The van der Waals surface area contributed by atoms with Crippen LogP contribution in [0.3, 0.4) is 0 Å². The van der Waals surface area contributed by atoms with Gasteiger partial charge in [-0.25, -0.2) is 0 Å². The lowest BCUT2D eigenvalue weighted by Gasteiger charge is -2.21. The van der Waals surface area contributed by atoms with Gasteiger partial charge in [0.2, 0.25) is 0 Å². The third kappa shape index (κ3) is 6.12. The zero-order chi connectivity index (χ0) is 19.1. The van der Waals surface area contributed by atoms with Gasteiger partial charge in [0.05, 0.1) is 13.3 Å². The van der Waals surface area contributed by atoms with Gasteiger partial charge < -0.3 is 15.0 Å². The molecule has 1 aromatic heterocycles. The van der Waals surface area contributed by atoms with Crippen molar-refractivity contribution in [2.24, 2.45) is 12.0 Å². The van der Waals surface area contributed by atoms with Gasteiger partial charge in [0.15, 0.2) is 5.96 Å². The molecule has 1 atom stereocenters. The number of aryl methyl sites for hydroxylation is 2. The Labute approximate surface area is 185 Å². The first-order valence-electron chi connectivity index (χ1n) is 9.84. The minimum atomic E-state index is 0. The van der Waals surface area contributed by atoms with Gasteiger partial charge >= 0.3 is 0 Å². The van der Waals surface area contributed by atoms with Crippen LogP contribution in [0, 0.1) is 0 Å². The highest BCUT2D eigenvalue weighted by Crippen LogP contribution is 2.26. The summed E-state index contributed by atoms with van der Waals surface area (Å²) in [7, 11) is 3.69. The lowest BCUT2D eigenvalue weighted by Crippen LogP contribution is -2.40. The number of halogens is 1. The van der Waals surface area contributed by atoms with Crippen LogP contribution < -0.4 is 10.1 Å². The van der Waals surface area contributed by atoms with Gasteiger partial charge in [-0.2, -0.15) is 5.10 Å². The Bertz CT molecular complexity index is 761. The fourth-order valence-electron chi connectivity index (χ4n) is 3.60. The van der Waals surface area contributed by atoms with Crippen molar-refractivity contribution in [3.05, 3.63) is 47.8 Å². The lowest BCUT2D eigenvalue weighted by molar-refractivity contribution is 0.414. The van der Waals surface area contributed by atoms with E-state index in [-0.39, 0.29) is 24.0 Å². The average Bonchev–Trinajstić information content (AvgIpc) is 3.33. The highest BCUT2D eigenvalue weighted by atomic mass is 127. The molecular weight excluding hydrogens is 465 g/mol. The van der Waals surface area contributed by atoms with Gasteiger partial charge in [-0.3, -0.25) is 9.67 Å². The van der Waals surface area contributed by atoms with Crippen molar-refractivity contribution in [3.63, 3.8) is 0 Å². The summed E-state index contributed by atoms with van der Waals surface area (Å²) in [6.45, 7) is 5.89. The van der Waals surface area contributed by atoms with E-state index >= 15 is 0 Å². The number of guanidine groups is 1. The molecule has 0 amide bonds. The first kappa shape index (κ1) is 22.5. The van der Waals surface area contributed by atoms with Crippen molar-refractivity contribution in [2.75, 3.05) is 33.3 Å². The molecule has 1 aliphatic heterocycles. The smallest absolute Gasteiger partial charge is 0.193 e. The molecule has 0 bridgehead atoms. The second kappa shape index (κ2) is 11.3. The summed E-state index contributed by atoms with van der Waals surface area (Å²) in [5.74, 6) is 2.50. The molecule has 1 saturated heterocycles. The predicted octanol–water partition coefficient (Wildman–Crippen LogP) is 3.43. The number of nitrogens with one attached hydrogen (secondary N) is 1. The number of nitrogens with zero attached hydrogens (tertiary/aromatic N) is 4. The number of likely N-dealkylation sites (tertiary alicyclic amines) is 1. The third-order valence-corrected chi connectivity index (χ3v) is 5.04. The van der Waals surface area contributed by atoms with Gasteiger partial charge in [0, 0.05) is 45.3 Å². The summed E-state index contributed by atoms with van der Waals surface area (Å²) in [4.78, 5) is 7.25. The standard InChI is InChI=1S/C21H31N5O.HI/c1-4-22-21(23-11-6-8-17-7-5-9-20(13-17)27-3)26-12-10-18(16-26)19-14-24-25(2)15-19;/h5,7,9,13-15,18H,4,6,8,10-12,16H2,1-3H3,(H,22,23);1H. The molecule has 0 saturated carbocycles. The Morgan fingerprint density at radius 1 is 1.39 bits per heavy atom. The van der Waals surface area contributed by atoms with Crippen molar-refractivity contribution >= 4 is 29.9 Å². The highest BCUT2D eigenvalue weighted by Gasteiger charge is 2.26. The van der Waals surface area contributed by atoms with Gasteiger partial charge in [-0.05, 0) is 49.4 Å². The lowest BCUT2D eigenvalue weighted by atomic mass is 10.0. The molecule has 1 N–H and O–H groups in total. The Kier molecular flexibility index (Phi) is 9.08. The van der Waals surface area contributed by atoms with E-state index in [1.54, 1.807) is 7.11 Å². The molecule has 154 valence electrons. The zero-order valence-electron chi connectivity index (χ0n) is 17.1. The van der Waals surface area contributed by atoms with Crippen molar-refractivity contribution in [1.82, 2.24) is 20.0 Å². The molecule has 6 nitrogen and oxygen atoms in total. The molecule has 0 radical (unpaired) electrons. The minimum absolute atomic E-state index is 0. The number of ether oxygens (including phenoxy) is 1. The molecule has 0 spiro atoms. The van der Waals surface area contributed by atoms with Gasteiger partial charge in [-0.1, -0.05) is 12.1 Å². The Morgan fingerprint density at radius 3 is 2.96 bits per heavy atom. The largest absolute Gasteiger partial charge is 0.497 e. The first-order valence-corrected chi connectivity index (χ1v) is 9.84. The maximum absolute atomic E-state index is 5.30. The van der Waals surface area contributed by atoms with Crippen LogP contribution in [0.25, 0.3) is 0 Å². The quantitative estimate of drug-likeness (QED) is 0.276. The number of aromatic nitrogens is 2. The van der Waals surface area contributed by atoms with E-state index in [0.717, 1.165) is 57.2 Å². The number of rotatable bonds is 7. The molecule has 0 aliphatic carbocycles. The summed E-state index contributed by atoms with van der Waals surface area (Å²) >= 11 is 0. The van der Waals surface area contributed by atoms with E-state index in [4.69, 9.17) is 9.73 Å². The maximum Gasteiger partial charge on any atom is 0.193 e. The molecule has 2 aromatic rings. The van der Waals surface area contributed by atoms with Crippen LogP contribution in [0.2, 0.25) is 0 Å². The van der Waals surface area contributed by atoms with Crippen molar-refractivity contribution in [2.45, 2.75) is 32.1 Å².